The molecule has 2 N–H and O–H groups in total. The Labute approximate surface area is 111 Å². The highest BCUT2D eigenvalue weighted by atomic mass is 15.4. The first-order valence-corrected chi connectivity index (χ1v) is 6.40. The van der Waals surface area contributed by atoms with Gasteiger partial charge in [0.05, 0.1) is 12.1 Å². The molecule has 0 amide bonds. The standard InChI is InChI=1S/C14H17N5/c1-18-9-13(16-17-18)10-19-8-6-12-4-2-3-11(5-7-15)14(12)19/h2-4,6,8-9H,5,7,10,15H2,1H3. The molecule has 0 unspecified atom stereocenters. The number of nitrogens with two attached hydrogens (primary N) is 1. The van der Waals surface area contributed by atoms with Gasteiger partial charge >= 0.3 is 0 Å². The highest BCUT2D eigenvalue weighted by Gasteiger charge is 2.08. The van der Waals surface area contributed by atoms with Crippen molar-refractivity contribution >= 4 is 10.9 Å². The van der Waals surface area contributed by atoms with Crippen molar-refractivity contribution in [2.75, 3.05) is 6.54 Å². The molecule has 0 saturated heterocycles. The van der Waals surface area contributed by atoms with Crippen LogP contribution in [0.15, 0.2) is 36.7 Å². The third kappa shape index (κ3) is 2.24. The lowest BCUT2D eigenvalue weighted by molar-refractivity contribution is 0.710. The van der Waals surface area contributed by atoms with Gasteiger partial charge in [-0.15, -0.1) is 5.10 Å². The van der Waals surface area contributed by atoms with E-state index in [9.17, 15) is 0 Å². The molecule has 1 aromatic carbocycles. The minimum absolute atomic E-state index is 0.662. The van der Waals surface area contributed by atoms with Gasteiger partial charge < -0.3 is 10.3 Å². The number of benzene rings is 1. The molecule has 0 aliphatic rings. The Balaban J connectivity index is 2.03. The zero-order chi connectivity index (χ0) is 13.2. The minimum atomic E-state index is 0.662. The maximum absolute atomic E-state index is 5.69. The van der Waals surface area contributed by atoms with Gasteiger partial charge in [0.2, 0.25) is 0 Å². The second-order valence-electron chi connectivity index (χ2n) is 4.72. The zero-order valence-electron chi connectivity index (χ0n) is 11.0. The Morgan fingerprint density at radius 1 is 1.26 bits per heavy atom. The Hall–Kier alpha value is -2.14. The Morgan fingerprint density at radius 3 is 2.89 bits per heavy atom. The highest BCUT2D eigenvalue weighted by Crippen LogP contribution is 2.21. The van der Waals surface area contributed by atoms with E-state index in [0.29, 0.717) is 6.54 Å². The number of aryl methyl sites for hydroxylation is 1. The molecule has 0 spiro atoms. The fraction of sp³-hybridized carbons (Fsp3) is 0.286. The van der Waals surface area contributed by atoms with E-state index < -0.39 is 0 Å². The summed E-state index contributed by atoms with van der Waals surface area (Å²) >= 11 is 0. The molecule has 0 saturated carbocycles. The summed E-state index contributed by atoms with van der Waals surface area (Å²) in [7, 11) is 1.88. The highest BCUT2D eigenvalue weighted by molar-refractivity contribution is 5.83. The Kier molecular flexibility index (Phi) is 3.05. The third-order valence-corrected chi connectivity index (χ3v) is 3.27. The van der Waals surface area contributed by atoms with Gasteiger partial charge in [-0.25, -0.2) is 0 Å². The summed E-state index contributed by atoms with van der Waals surface area (Å²) < 4.78 is 3.94. The third-order valence-electron chi connectivity index (χ3n) is 3.27. The van der Waals surface area contributed by atoms with E-state index >= 15 is 0 Å². The van der Waals surface area contributed by atoms with Gasteiger partial charge in [-0.05, 0) is 30.0 Å². The zero-order valence-corrected chi connectivity index (χ0v) is 11.0. The van der Waals surface area contributed by atoms with Crippen LogP contribution in [0, 0.1) is 0 Å². The molecule has 3 aromatic rings. The van der Waals surface area contributed by atoms with Gasteiger partial charge in [-0.2, -0.15) is 0 Å². The van der Waals surface area contributed by atoms with Crippen molar-refractivity contribution in [2.45, 2.75) is 13.0 Å². The summed E-state index contributed by atoms with van der Waals surface area (Å²) in [6.45, 7) is 1.40. The summed E-state index contributed by atoms with van der Waals surface area (Å²) in [4.78, 5) is 0. The van der Waals surface area contributed by atoms with Gasteiger partial charge in [0.15, 0.2) is 0 Å². The minimum Gasteiger partial charge on any atom is -0.341 e. The molecule has 0 bridgehead atoms. The van der Waals surface area contributed by atoms with Crippen LogP contribution in [0.25, 0.3) is 10.9 Å². The molecule has 5 nitrogen and oxygen atoms in total. The van der Waals surface area contributed by atoms with E-state index in [4.69, 9.17) is 5.73 Å². The van der Waals surface area contributed by atoms with E-state index in [0.717, 1.165) is 18.7 Å². The van der Waals surface area contributed by atoms with Crippen LogP contribution in [0.1, 0.15) is 11.3 Å². The predicted octanol–water partition coefficient (Wildman–Crippen LogP) is 1.32. The number of para-hydroxylation sites is 1. The van der Waals surface area contributed by atoms with Gasteiger partial charge in [-0.1, -0.05) is 23.4 Å². The number of aromatic nitrogens is 4. The SMILES string of the molecule is Cn1cc(Cn2ccc3cccc(CCN)c32)nn1. The first-order chi connectivity index (χ1) is 9.28. The first kappa shape index (κ1) is 11.9. The maximum Gasteiger partial charge on any atom is 0.102 e. The Bertz CT molecular complexity index is 695. The average Bonchev–Trinajstić information content (AvgIpc) is 2.98. The van der Waals surface area contributed by atoms with Crippen LogP contribution in [0.4, 0.5) is 0 Å². The van der Waals surface area contributed by atoms with Gasteiger partial charge in [0.25, 0.3) is 0 Å². The molecule has 2 heterocycles. The molecule has 0 aliphatic heterocycles. The van der Waals surface area contributed by atoms with Crippen LogP contribution in [0.2, 0.25) is 0 Å². The van der Waals surface area contributed by atoms with Crippen molar-refractivity contribution < 1.29 is 0 Å². The predicted molar refractivity (Wildman–Crippen MR) is 74.8 cm³/mol. The lowest BCUT2D eigenvalue weighted by Gasteiger charge is -2.07. The maximum atomic E-state index is 5.69. The molecular formula is C14H17N5. The largest absolute Gasteiger partial charge is 0.341 e. The normalized spacial score (nSPS) is 11.3. The van der Waals surface area contributed by atoms with Gasteiger partial charge in [0.1, 0.15) is 5.69 Å². The summed E-state index contributed by atoms with van der Waals surface area (Å²) in [5.41, 5.74) is 9.19. The molecule has 0 fully saturated rings. The monoisotopic (exact) mass is 255 g/mol. The van der Waals surface area contributed by atoms with Crippen molar-refractivity contribution in [3.63, 3.8) is 0 Å². The lowest BCUT2D eigenvalue weighted by atomic mass is 10.1. The van der Waals surface area contributed by atoms with Crippen LogP contribution in [0.3, 0.4) is 0 Å². The molecule has 19 heavy (non-hydrogen) atoms. The number of fused-ring (bicyclic) bond motifs is 1. The first-order valence-electron chi connectivity index (χ1n) is 6.40. The number of rotatable bonds is 4. The van der Waals surface area contributed by atoms with Crippen LogP contribution in [0.5, 0.6) is 0 Å². The average molecular weight is 255 g/mol. The van der Waals surface area contributed by atoms with Crippen molar-refractivity contribution in [1.82, 2.24) is 19.6 Å². The molecule has 98 valence electrons. The molecule has 0 aliphatic carbocycles. The number of hydrogen-bond donors (Lipinski definition) is 1. The van der Waals surface area contributed by atoms with E-state index in [2.05, 4.69) is 45.3 Å². The van der Waals surface area contributed by atoms with Crippen LogP contribution in [-0.2, 0) is 20.0 Å². The quantitative estimate of drug-likeness (QED) is 0.764. The van der Waals surface area contributed by atoms with E-state index in [1.807, 2.05) is 13.2 Å². The molecule has 5 heteroatoms. The number of nitrogens with zero attached hydrogens (tertiary/aromatic N) is 4. The van der Waals surface area contributed by atoms with Crippen LogP contribution in [-0.4, -0.2) is 26.1 Å². The van der Waals surface area contributed by atoms with Gasteiger partial charge in [-0.3, -0.25) is 4.68 Å². The lowest BCUT2D eigenvalue weighted by Crippen LogP contribution is -2.06. The van der Waals surface area contributed by atoms with E-state index in [1.54, 1.807) is 4.68 Å². The summed E-state index contributed by atoms with van der Waals surface area (Å²) in [6.07, 6.45) is 4.93. The molecule has 0 atom stereocenters. The van der Waals surface area contributed by atoms with Gasteiger partial charge in [0, 0.05) is 19.4 Å². The van der Waals surface area contributed by atoms with Crippen molar-refractivity contribution in [2.24, 2.45) is 12.8 Å². The summed E-state index contributed by atoms with van der Waals surface area (Å²) in [5.74, 6) is 0. The molecule has 3 rings (SSSR count). The van der Waals surface area contributed by atoms with E-state index in [-0.39, 0.29) is 0 Å². The molecular weight excluding hydrogens is 238 g/mol. The summed E-state index contributed by atoms with van der Waals surface area (Å²) in [6, 6.07) is 8.48. The Morgan fingerprint density at radius 2 is 2.16 bits per heavy atom. The fourth-order valence-corrected chi connectivity index (χ4v) is 2.47. The van der Waals surface area contributed by atoms with Crippen molar-refractivity contribution in [3.8, 4) is 0 Å². The molecule has 2 aromatic heterocycles. The summed E-state index contributed by atoms with van der Waals surface area (Å²) in [5, 5.41) is 9.36. The second kappa shape index (κ2) is 4.85. The topological polar surface area (TPSA) is 61.7 Å². The van der Waals surface area contributed by atoms with Crippen LogP contribution >= 0.6 is 0 Å². The van der Waals surface area contributed by atoms with Crippen molar-refractivity contribution in [3.05, 3.63) is 47.9 Å². The second-order valence-corrected chi connectivity index (χ2v) is 4.72. The number of hydrogen-bond acceptors (Lipinski definition) is 3. The molecule has 0 radical (unpaired) electrons. The fourth-order valence-electron chi connectivity index (χ4n) is 2.47. The van der Waals surface area contributed by atoms with Crippen molar-refractivity contribution in [1.29, 1.82) is 0 Å². The van der Waals surface area contributed by atoms with Crippen LogP contribution < -0.4 is 5.73 Å². The van der Waals surface area contributed by atoms with E-state index in [1.165, 1.54) is 16.5 Å². The smallest absolute Gasteiger partial charge is 0.102 e.